The second kappa shape index (κ2) is 15.5. The van der Waals surface area contributed by atoms with Crippen molar-refractivity contribution < 1.29 is 19.4 Å². The number of esters is 1. The molecular weight excluding hydrogens is 424 g/mol. The van der Waals surface area contributed by atoms with E-state index in [1.54, 1.807) is 6.92 Å². The number of carboxylic acid groups (broad SMARTS) is 1. The van der Waals surface area contributed by atoms with Crippen LogP contribution >= 0.6 is 0 Å². The van der Waals surface area contributed by atoms with E-state index in [-0.39, 0.29) is 5.97 Å². The third kappa shape index (κ3) is 10.3. The highest BCUT2D eigenvalue weighted by Crippen LogP contribution is 2.37. The van der Waals surface area contributed by atoms with Crippen LogP contribution in [0.15, 0.2) is 42.0 Å². The average Bonchev–Trinajstić information content (AvgIpc) is 2.83. The summed E-state index contributed by atoms with van der Waals surface area (Å²) in [7, 11) is 0. The molecule has 0 radical (unpaired) electrons. The fraction of sp³-hybridized carbons (Fsp3) is 0.600. The molecule has 0 aromatic heterocycles. The zero-order valence-electron chi connectivity index (χ0n) is 21.3. The molecule has 0 saturated heterocycles. The number of carbonyl (C=O) groups is 2. The second-order valence-electron chi connectivity index (χ2n) is 9.94. The van der Waals surface area contributed by atoms with Gasteiger partial charge in [0.25, 0.3) is 0 Å². The molecule has 1 aliphatic rings. The van der Waals surface area contributed by atoms with Crippen LogP contribution in [0.3, 0.4) is 0 Å². The van der Waals surface area contributed by atoms with Crippen molar-refractivity contribution in [3.8, 4) is 0 Å². The number of unbranched alkanes of at least 4 members (excludes halogenated alkanes) is 5. The van der Waals surface area contributed by atoms with Crippen molar-refractivity contribution in [1.82, 2.24) is 0 Å². The Labute approximate surface area is 206 Å². The zero-order valence-corrected chi connectivity index (χ0v) is 21.3. The van der Waals surface area contributed by atoms with Crippen molar-refractivity contribution in [2.24, 2.45) is 5.92 Å². The van der Waals surface area contributed by atoms with Crippen molar-refractivity contribution in [2.45, 2.75) is 103 Å². The van der Waals surface area contributed by atoms with Gasteiger partial charge in [-0.3, -0.25) is 0 Å². The highest BCUT2D eigenvalue weighted by molar-refractivity contribution is 5.92. The van der Waals surface area contributed by atoms with Crippen molar-refractivity contribution >= 4 is 18.0 Å². The SMILES string of the molecule is C=C(C)C(=O)OCCCCCCC(=Cc1ccc(C2CCC(CCCCC)CC2)cc1)C(=O)O. The average molecular weight is 469 g/mol. The summed E-state index contributed by atoms with van der Waals surface area (Å²) in [5, 5.41) is 9.61. The van der Waals surface area contributed by atoms with Crippen molar-refractivity contribution in [2.75, 3.05) is 6.61 Å². The van der Waals surface area contributed by atoms with Crippen LogP contribution in [0, 0.1) is 5.92 Å². The quantitative estimate of drug-likeness (QED) is 0.160. The first-order chi connectivity index (χ1) is 16.4. The van der Waals surface area contributed by atoms with Crippen LogP contribution in [0.2, 0.25) is 0 Å². The Bertz CT molecular complexity index is 798. The molecule has 1 N–H and O–H groups in total. The molecule has 2 rings (SSSR count). The number of aliphatic carboxylic acids is 1. The minimum atomic E-state index is -0.846. The Hall–Kier alpha value is -2.36. The summed E-state index contributed by atoms with van der Waals surface area (Å²) in [5.74, 6) is 0.363. The molecule has 0 atom stereocenters. The number of hydrogen-bond donors (Lipinski definition) is 1. The standard InChI is InChI=1S/C30H44O4/c1-4-5-8-11-24-13-17-26(18-14-24)27-19-15-25(16-20-27)22-28(29(31)32)12-9-6-7-10-21-34-30(33)23(2)3/h15-16,19-20,22,24,26H,2,4-14,17-18,21H2,1,3H3,(H,31,32). The summed E-state index contributed by atoms with van der Waals surface area (Å²) < 4.78 is 5.08. The van der Waals surface area contributed by atoms with Gasteiger partial charge in [0.05, 0.1) is 6.61 Å². The molecule has 1 aromatic carbocycles. The molecule has 4 heteroatoms. The van der Waals surface area contributed by atoms with Crippen LogP contribution in [0.5, 0.6) is 0 Å². The van der Waals surface area contributed by atoms with Gasteiger partial charge in [-0.05, 0) is 80.9 Å². The lowest BCUT2D eigenvalue weighted by molar-refractivity contribution is -0.139. The molecule has 0 unspecified atom stereocenters. The third-order valence-corrected chi connectivity index (χ3v) is 7.01. The van der Waals surface area contributed by atoms with Gasteiger partial charge in [-0.2, -0.15) is 0 Å². The molecule has 0 bridgehead atoms. The second-order valence-corrected chi connectivity index (χ2v) is 9.94. The summed E-state index contributed by atoms with van der Waals surface area (Å²) >= 11 is 0. The first-order valence-electron chi connectivity index (χ1n) is 13.3. The van der Waals surface area contributed by atoms with Gasteiger partial charge in [0.15, 0.2) is 0 Å². The van der Waals surface area contributed by atoms with E-state index in [2.05, 4.69) is 37.8 Å². The molecule has 0 heterocycles. The Balaban J connectivity index is 1.75. The van der Waals surface area contributed by atoms with Gasteiger partial charge in [0.2, 0.25) is 0 Å². The van der Waals surface area contributed by atoms with E-state index < -0.39 is 5.97 Å². The number of benzene rings is 1. The molecule has 34 heavy (non-hydrogen) atoms. The number of rotatable bonds is 15. The molecule has 1 aliphatic carbocycles. The topological polar surface area (TPSA) is 63.6 Å². The smallest absolute Gasteiger partial charge is 0.333 e. The minimum absolute atomic E-state index is 0.350. The molecule has 1 saturated carbocycles. The maximum Gasteiger partial charge on any atom is 0.333 e. The van der Waals surface area contributed by atoms with E-state index in [1.165, 1.54) is 56.9 Å². The molecular formula is C30H44O4. The molecule has 0 spiro atoms. The molecule has 1 fully saturated rings. The lowest BCUT2D eigenvalue weighted by Gasteiger charge is -2.29. The summed E-state index contributed by atoms with van der Waals surface area (Å²) in [5.41, 5.74) is 3.22. The van der Waals surface area contributed by atoms with Crippen LogP contribution < -0.4 is 0 Å². The largest absolute Gasteiger partial charge is 0.478 e. The Morgan fingerprint density at radius 1 is 1.00 bits per heavy atom. The predicted molar refractivity (Wildman–Crippen MR) is 140 cm³/mol. The van der Waals surface area contributed by atoms with E-state index >= 15 is 0 Å². The molecule has 0 aliphatic heterocycles. The highest BCUT2D eigenvalue weighted by Gasteiger charge is 2.22. The zero-order chi connectivity index (χ0) is 24.8. The van der Waals surface area contributed by atoms with Crippen molar-refractivity contribution in [1.29, 1.82) is 0 Å². The number of hydrogen-bond acceptors (Lipinski definition) is 3. The lowest BCUT2D eigenvalue weighted by Crippen LogP contribution is -2.13. The van der Waals surface area contributed by atoms with Gasteiger partial charge in [0.1, 0.15) is 0 Å². The number of carboxylic acids is 1. The van der Waals surface area contributed by atoms with Crippen LogP contribution in [-0.2, 0) is 14.3 Å². The van der Waals surface area contributed by atoms with Gasteiger partial charge < -0.3 is 9.84 Å². The first kappa shape index (κ1) is 27.9. The molecule has 0 amide bonds. The monoisotopic (exact) mass is 468 g/mol. The van der Waals surface area contributed by atoms with Crippen LogP contribution in [0.25, 0.3) is 6.08 Å². The fourth-order valence-electron chi connectivity index (χ4n) is 4.83. The van der Waals surface area contributed by atoms with E-state index in [0.29, 0.717) is 30.1 Å². The van der Waals surface area contributed by atoms with Crippen LogP contribution in [-0.4, -0.2) is 23.7 Å². The number of carbonyl (C=O) groups excluding carboxylic acids is 1. The third-order valence-electron chi connectivity index (χ3n) is 7.01. The fourth-order valence-corrected chi connectivity index (χ4v) is 4.83. The molecule has 4 nitrogen and oxygen atoms in total. The summed E-state index contributed by atoms with van der Waals surface area (Å²) in [6, 6.07) is 8.53. The summed E-state index contributed by atoms with van der Waals surface area (Å²) in [6.07, 6.45) is 16.4. The normalized spacial score (nSPS) is 18.5. The van der Waals surface area contributed by atoms with Gasteiger partial charge >= 0.3 is 11.9 Å². The van der Waals surface area contributed by atoms with Crippen LogP contribution in [0.4, 0.5) is 0 Å². The lowest BCUT2D eigenvalue weighted by atomic mass is 9.77. The minimum Gasteiger partial charge on any atom is -0.478 e. The Morgan fingerprint density at radius 3 is 2.29 bits per heavy atom. The highest BCUT2D eigenvalue weighted by atomic mass is 16.5. The van der Waals surface area contributed by atoms with Gasteiger partial charge in [-0.1, -0.05) is 76.3 Å². The van der Waals surface area contributed by atoms with E-state index in [9.17, 15) is 14.7 Å². The van der Waals surface area contributed by atoms with Crippen LogP contribution in [0.1, 0.15) is 114 Å². The van der Waals surface area contributed by atoms with E-state index in [1.807, 2.05) is 6.08 Å². The Kier molecular flexibility index (Phi) is 12.7. The predicted octanol–water partition coefficient (Wildman–Crippen LogP) is 8.08. The first-order valence-corrected chi connectivity index (χ1v) is 13.3. The van der Waals surface area contributed by atoms with Crippen molar-refractivity contribution in [3.63, 3.8) is 0 Å². The number of ether oxygens (including phenoxy) is 1. The molecule has 1 aromatic rings. The van der Waals surface area contributed by atoms with Gasteiger partial charge in [-0.25, -0.2) is 9.59 Å². The maximum atomic E-state index is 11.7. The van der Waals surface area contributed by atoms with E-state index in [0.717, 1.165) is 37.2 Å². The summed E-state index contributed by atoms with van der Waals surface area (Å²) in [4.78, 5) is 23.1. The van der Waals surface area contributed by atoms with Crippen molar-refractivity contribution in [3.05, 3.63) is 53.1 Å². The maximum absolute atomic E-state index is 11.7. The van der Waals surface area contributed by atoms with E-state index in [4.69, 9.17) is 4.74 Å². The summed E-state index contributed by atoms with van der Waals surface area (Å²) in [6.45, 7) is 7.85. The Morgan fingerprint density at radius 2 is 1.68 bits per heavy atom. The molecule has 188 valence electrons. The van der Waals surface area contributed by atoms with Gasteiger partial charge in [-0.15, -0.1) is 0 Å². The van der Waals surface area contributed by atoms with Gasteiger partial charge in [0, 0.05) is 11.1 Å².